The Labute approximate surface area is 117 Å². The molecule has 1 aromatic heterocycles. The van der Waals surface area contributed by atoms with Gasteiger partial charge in [0.25, 0.3) is 0 Å². The van der Waals surface area contributed by atoms with Crippen molar-refractivity contribution in [2.75, 3.05) is 21.3 Å². The Balaban J connectivity index is 2.44. The number of hydrogen-bond donors (Lipinski definition) is 1. The molecule has 2 rings (SSSR count). The van der Waals surface area contributed by atoms with Gasteiger partial charge >= 0.3 is 0 Å². The molecule has 0 spiro atoms. The molecule has 0 aliphatic rings. The highest BCUT2D eigenvalue weighted by Crippen LogP contribution is 2.30. The minimum atomic E-state index is -0.484. The number of ether oxygens (including phenoxy) is 3. The molecule has 0 radical (unpaired) electrons. The van der Waals surface area contributed by atoms with Gasteiger partial charge in [-0.05, 0) is 17.7 Å². The van der Waals surface area contributed by atoms with E-state index < -0.39 is 6.04 Å². The summed E-state index contributed by atoms with van der Waals surface area (Å²) >= 11 is 0. The molecule has 0 aliphatic heterocycles. The van der Waals surface area contributed by atoms with Gasteiger partial charge in [0.2, 0.25) is 5.88 Å². The number of benzene rings is 1. The lowest BCUT2D eigenvalue weighted by Gasteiger charge is -2.15. The summed E-state index contributed by atoms with van der Waals surface area (Å²) in [6, 6.07) is 4.97. The second kappa shape index (κ2) is 6.21. The maximum Gasteiger partial charge on any atom is 0.237 e. The molecule has 6 nitrogen and oxygen atoms in total. The van der Waals surface area contributed by atoms with Crippen LogP contribution in [0.15, 0.2) is 30.6 Å². The van der Waals surface area contributed by atoms with E-state index in [1.54, 1.807) is 32.7 Å². The van der Waals surface area contributed by atoms with Crippen LogP contribution in [0.1, 0.15) is 17.3 Å². The van der Waals surface area contributed by atoms with E-state index in [1.807, 2.05) is 12.1 Å². The van der Waals surface area contributed by atoms with Crippen LogP contribution in [-0.2, 0) is 0 Å². The van der Waals surface area contributed by atoms with Crippen LogP contribution in [-0.4, -0.2) is 31.3 Å². The van der Waals surface area contributed by atoms with Crippen molar-refractivity contribution in [2.24, 2.45) is 5.73 Å². The molecule has 106 valence electrons. The highest BCUT2D eigenvalue weighted by atomic mass is 16.5. The quantitative estimate of drug-likeness (QED) is 0.891. The first-order valence-electron chi connectivity index (χ1n) is 6.03. The lowest BCUT2D eigenvalue weighted by molar-refractivity contribution is 0.385. The standard InChI is InChI=1S/C14H17N3O3/c1-18-10-6-9(7-11(8-10)19-2)12(15)13-14(20-3)17-5-4-16-13/h4-8,12H,15H2,1-3H3. The number of nitrogens with zero attached hydrogens (tertiary/aromatic N) is 2. The largest absolute Gasteiger partial charge is 0.497 e. The Morgan fingerprint density at radius 3 is 2.05 bits per heavy atom. The second-order valence-electron chi connectivity index (χ2n) is 4.07. The molecule has 0 saturated carbocycles. The van der Waals surface area contributed by atoms with Gasteiger partial charge in [0.1, 0.15) is 17.2 Å². The van der Waals surface area contributed by atoms with Gasteiger partial charge < -0.3 is 19.9 Å². The van der Waals surface area contributed by atoms with Crippen LogP contribution in [0.25, 0.3) is 0 Å². The first-order chi connectivity index (χ1) is 9.69. The van der Waals surface area contributed by atoms with Gasteiger partial charge in [0, 0.05) is 18.5 Å². The molecule has 20 heavy (non-hydrogen) atoms. The zero-order chi connectivity index (χ0) is 14.5. The fourth-order valence-corrected chi connectivity index (χ4v) is 1.87. The maximum atomic E-state index is 6.25. The summed E-state index contributed by atoms with van der Waals surface area (Å²) < 4.78 is 15.7. The maximum absolute atomic E-state index is 6.25. The topological polar surface area (TPSA) is 79.5 Å². The molecule has 0 aliphatic carbocycles. The van der Waals surface area contributed by atoms with E-state index in [2.05, 4.69) is 9.97 Å². The molecular formula is C14H17N3O3. The van der Waals surface area contributed by atoms with E-state index in [9.17, 15) is 0 Å². The monoisotopic (exact) mass is 275 g/mol. The van der Waals surface area contributed by atoms with Crippen molar-refractivity contribution >= 4 is 0 Å². The van der Waals surface area contributed by atoms with Crippen molar-refractivity contribution in [1.29, 1.82) is 0 Å². The van der Waals surface area contributed by atoms with Crippen LogP contribution < -0.4 is 19.9 Å². The molecule has 2 aromatic rings. The average Bonchev–Trinajstić information content (AvgIpc) is 2.53. The Kier molecular flexibility index (Phi) is 4.37. The van der Waals surface area contributed by atoms with Gasteiger partial charge in [0.15, 0.2) is 0 Å². The Bertz CT molecular complexity index is 567. The van der Waals surface area contributed by atoms with Gasteiger partial charge in [0.05, 0.1) is 27.4 Å². The molecular weight excluding hydrogens is 258 g/mol. The Morgan fingerprint density at radius 1 is 0.900 bits per heavy atom. The molecule has 2 N–H and O–H groups in total. The highest BCUT2D eigenvalue weighted by Gasteiger charge is 2.18. The van der Waals surface area contributed by atoms with E-state index in [1.165, 1.54) is 7.11 Å². The third kappa shape index (κ3) is 2.80. The molecule has 0 fully saturated rings. The highest BCUT2D eigenvalue weighted by molar-refractivity contribution is 5.43. The minimum absolute atomic E-state index is 0.404. The van der Waals surface area contributed by atoms with Crippen molar-refractivity contribution in [3.8, 4) is 17.4 Å². The minimum Gasteiger partial charge on any atom is -0.497 e. The lowest BCUT2D eigenvalue weighted by Crippen LogP contribution is -2.15. The van der Waals surface area contributed by atoms with Gasteiger partial charge in [-0.3, -0.25) is 4.98 Å². The van der Waals surface area contributed by atoms with E-state index in [-0.39, 0.29) is 0 Å². The van der Waals surface area contributed by atoms with Gasteiger partial charge in [-0.1, -0.05) is 0 Å². The first kappa shape index (κ1) is 14.1. The first-order valence-corrected chi connectivity index (χ1v) is 6.03. The second-order valence-corrected chi connectivity index (χ2v) is 4.07. The van der Waals surface area contributed by atoms with Gasteiger partial charge in [-0.2, -0.15) is 0 Å². The summed E-state index contributed by atoms with van der Waals surface area (Å²) in [5, 5.41) is 0. The van der Waals surface area contributed by atoms with Crippen LogP contribution >= 0.6 is 0 Å². The van der Waals surface area contributed by atoms with Crippen LogP contribution in [0.2, 0.25) is 0 Å². The number of nitrogens with two attached hydrogens (primary N) is 1. The van der Waals surface area contributed by atoms with Crippen molar-refractivity contribution in [3.05, 3.63) is 41.9 Å². The summed E-state index contributed by atoms with van der Waals surface area (Å²) in [5.41, 5.74) is 7.61. The molecule has 0 amide bonds. The summed E-state index contributed by atoms with van der Waals surface area (Å²) in [5.74, 6) is 1.73. The Morgan fingerprint density at radius 2 is 1.50 bits per heavy atom. The molecule has 1 heterocycles. The van der Waals surface area contributed by atoms with E-state index in [0.717, 1.165) is 5.56 Å². The smallest absolute Gasteiger partial charge is 0.237 e. The van der Waals surface area contributed by atoms with Crippen molar-refractivity contribution in [3.63, 3.8) is 0 Å². The van der Waals surface area contributed by atoms with Crippen LogP contribution in [0, 0.1) is 0 Å². The Hall–Kier alpha value is -2.34. The fourth-order valence-electron chi connectivity index (χ4n) is 1.87. The SMILES string of the molecule is COc1cc(OC)cc(C(N)c2nccnc2OC)c1. The zero-order valence-electron chi connectivity index (χ0n) is 11.7. The van der Waals surface area contributed by atoms with Crippen LogP contribution in [0.3, 0.4) is 0 Å². The molecule has 0 saturated heterocycles. The van der Waals surface area contributed by atoms with E-state index >= 15 is 0 Å². The summed E-state index contributed by atoms with van der Waals surface area (Å²) in [6.07, 6.45) is 3.14. The van der Waals surface area contributed by atoms with Crippen LogP contribution in [0.5, 0.6) is 17.4 Å². The number of methoxy groups -OCH3 is 3. The lowest BCUT2D eigenvalue weighted by atomic mass is 10.0. The van der Waals surface area contributed by atoms with E-state index in [4.69, 9.17) is 19.9 Å². The summed E-state index contributed by atoms with van der Waals surface area (Å²) in [6.45, 7) is 0. The van der Waals surface area contributed by atoms with Gasteiger partial charge in [-0.25, -0.2) is 4.98 Å². The molecule has 1 atom stereocenters. The number of rotatable bonds is 5. The molecule has 0 bridgehead atoms. The van der Waals surface area contributed by atoms with Crippen LogP contribution in [0.4, 0.5) is 0 Å². The van der Waals surface area contributed by atoms with Crippen molar-refractivity contribution in [1.82, 2.24) is 9.97 Å². The normalized spacial score (nSPS) is 11.8. The van der Waals surface area contributed by atoms with Gasteiger partial charge in [-0.15, -0.1) is 0 Å². The van der Waals surface area contributed by atoms with E-state index in [0.29, 0.717) is 23.1 Å². The summed E-state index contributed by atoms with van der Waals surface area (Å²) in [4.78, 5) is 8.34. The third-order valence-corrected chi connectivity index (χ3v) is 2.91. The molecule has 1 unspecified atom stereocenters. The zero-order valence-corrected chi connectivity index (χ0v) is 11.7. The summed E-state index contributed by atoms with van der Waals surface area (Å²) in [7, 11) is 4.71. The average molecular weight is 275 g/mol. The van der Waals surface area contributed by atoms with Crippen molar-refractivity contribution < 1.29 is 14.2 Å². The van der Waals surface area contributed by atoms with Crippen molar-refractivity contribution in [2.45, 2.75) is 6.04 Å². The molecule has 6 heteroatoms. The third-order valence-electron chi connectivity index (χ3n) is 2.91. The predicted molar refractivity (Wildman–Crippen MR) is 74.2 cm³/mol. The number of aromatic nitrogens is 2. The fraction of sp³-hybridized carbons (Fsp3) is 0.286. The molecule has 1 aromatic carbocycles. The number of hydrogen-bond acceptors (Lipinski definition) is 6. The predicted octanol–water partition coefficient (Wildman–Crippen LogP) is 1.55.